The number of hydrogen-bond acceptors (Lipinski definition) is 3. The van der Waals surface area contributed by atoms with E-state index in [4.69, 9.17) is 9.47 Å². The molecule has 0 fully saturated rings. The molecule has 0 radical (unpaired) electrons. The molecule has 0 unspecified atom stereocenters. The third kappa shape index (κ3) is 2.87. The van der Waals surface area contributed by atoms with Crippen molar-refractivity contribution in [2.24, 2.45) is 0 Å². The fourth-order valence-corrected chi connectivity index (χ4v) is 2.08. The molecule has 0 amide bonds. The standard InChI is InChI=1S/C16H19NO2/c1-4-12-9-16(18-3)14(10-15(12)19-5-2)13-7-6-8-17-11-13/h6-11H,4-5H2,1-3H3. The zero-order valence-corrected chi connectivity index (χ0v) is 11.6. The number of rotatable bonds is 5. The minimum absolute atomic E-state index is 0.659. The van der Waals surface area contributed by atoms with Crippen molar-refractivity contribution in [2.45, 2.75) is 20.3 Å². The predicted molar refractivity (Wildman–Crippen MR) is 76.8 cm³/mol. The molecule has 0 saturated heterocycles. The lowest BCUT2D eigenvalue weighted by molar-refractivity contribution is 0.335. The van der Waals surface area contributed by atoms with E-state index in [1.807, 2.05) is 37.4 Å². The van der Waals surface area contributed by atoms with Gasteiger partial charge in [0.1, 0.15) is 11.5 Å². The van der Waals surface area contributed by atoms with Crippen molar-refractivity contribution in [3.05, 3.63) is 42.2 Å². The van der Waals surface area contributed by atoms with Crippen molar-refractivity contribution in [3.63, 3.8) is 0 Å². The van der Waals surface area contributed by atoms with E-state index in [9.17, 15) is 0 Å². The number of aromatic nitrogens is 1. The minimum Gasteiger partial charge on any atom is -0.496 e. The second-order valence-electron chi connectivity index (χ2n) is 4.19. The lowest BCUT2D eigenvalue weighted by Gasteiger charge is -2.15. The Bertz CT molecular complexity index is 538. The van der Waals surface area contributed by atoms with Crippen LogP contribution in [0.1, 0.15) is 19.4 Å². The molecule has 2 rings (SSSR count). The molecule has 2 aromatic rings. The molecule has 3 heteroatoms. The highest BCUT2D eigenvalue weighted by atomic mass is 16.5. The summed E-state index contributed by atoms with van der Waals surface area (Å²) in [5.41, 5.74) is 3.20. The molecule has 1 heterocycles. The molecule has 1 aromatic heterocycles. The van der Waals surface area contributed by atoms with Gasteiger partial charge in [0, 0.05) is 23.5 Å². The summed E-state index contributed by atoms with van der Waals surface area (Å²) in [7, 11) is 1.69. The van der Waals surface area contributed by atoms with E-state index in [-0.39, 0.29) is 0 Å². The van der Waals surface area contributed by atoms with Gasteiger partial charge in [-0.2, -0.15) is 0 Å². The molecule has 19 heavy (non-hydrogen) atoms. The molecule has 3 nitrogen and oxygen atoms in total. The third-order valence-corrected chi connectivity index (χ3v) is 3.04. The van der Waals surface area contributed by atoms with Gasteiger partial charge in [0.2, 0.25) is 0 Å². The first-order valence-corrected chi connectivity index (χ1v) is 6.54. The van der Waals surface area contributed by atoms with Crippen LogP contribution in [0.15, 0.2) is 36.7 Å². The number of aryl methyl sites for hydroxylation is 1. The van der Waals surface area contributed by atoms with Crippen LogP contribution in [0.4, 0.5) is 0 Å². The van der Waals surface area contributed by atoms with Crippen LogP contribution in [0.5, 0.6) is 11.5 Å². The van der Waals surface area contributed by atoms with Crippen LogP contribution in [0.2, 0.25) is 0 Å². The van der Waals surface area contributed by atoms with E-state index in [0.717, 1.165) is 34.6 Å². The summed E-state index contributed by atoms with van der Waals surface area (Å²) in [5, 5.41) is 0. The number of methoxy groups -OCH3 is 1. The Hall–Kier alpha value is -2.03. The molecule has 0 aliphatic carbocycles. The first-order valence-electron chi connectivity index (χ1n) is 6.54. The summed E-state index contributed by atoms with van der Waals surface area (Å²) in [5.74, 6) is 1.78. The third-order valence-electron chi connectivity index (χ3n) is 3.04. The zero-order chi connectivity index (χ0) is 13.7. The smallest absolute Gasteiger partial charge is 0.127 e. The van der Waals surface area contributed by atoms with Gasteiger partial charge >= 0.3 is 0 Å². The van der Waals surface area contributed by atoms with Crippen LogP contribution < -0.4 is 9.47 Å². The van der Waals surface area contributed by atoms with Crippen LogP contribution in [-0.2, 0) is 6.42 Å². The molecule has 0 aliphatic heterocycles. The van der Waals surface area contributed by atoms with Crippen molar-refractivity contribution >= 4 is 0 Å². The van der Waals surface area contributed by atoms with Gasteiger partial charge in [-0.05, 0) is 37.1 Å². The molecule has 0 spiro atoms. The second kappa shape index (κ2) is 6.23. The van der Waals surface area contributed by atoms with Crippen molar-refractivity contribution in [1.82, 2.24) is 4.98 Å². The van der Waals surface area contributed by atoms with Gasteiger partial charge in [0.25, 0.3) is 0 Å². The van der Waals surface area contributed by atoms with Crippen LogP contribution in [0.25, 0.3) is 11.1 Å². The van der Waals surface area contributed by atoms with Crippen molar-refractivity contribution in [1.29, 1.82) is 0 Å². The average Bonchev–Trinajstić information content (AvgIpc) is 2.48. The predicted octanol–water partition coefficient (Wildman–Crippen LogP) is 3.72. The quantitative estimate of drug-likeness (QED) is 0.818. The van der Waals surface area contributed by atoms with E-state index in [2.05, 4.69) is 11.9 Å². The summed E-state index contributed by atoms with van der Waals surface area (Å²) < 4.78 is 11.2. The Morgan fingerprint density at radius 1 is 1.16 bits per heavy atom. The highest BCUT2D eigenvalue weighted by Gasteiger charge is 2.12. The number of hydrogen-bond donors (Lipinski definition) is 0. The van der Waals surface area contributed by atoms with Gasteiger partial charge in [0.15, 0.2) is 0 Å². The minimum atomic E-state index is 0.659. The van der Waals surface area contributed by atoms with E-state index in [1.54, 1.807) is 13.3 Å². The summed E-state index contributed by atoms with van der Waals surface area (Å²) in [4.78, 5) is 4.16. The molecular formula is C16H19NO2. The number of nitrogens with zero attached hydrogens (tertiary/aromatic N) is 1. The monoisotopic (exact) mass is 257 g/mol. The molecule has 0 N–H and O–H groups in total. The van der Waals surface area contributed by atoms with Crippen molar-refractivity contribution < 1.29 is 9.47 Å². The normalized spacial score (nSPS) is 10.3. The molecule has 0 saturated carbocycles. The van der Waals surface area contributed by atoms with E-state index in [1.165, 1.54) is 0 Å². The van der Waals surface area contributed by atoms with Crippen LogP contribution in [0, 0.1) is 0 Å². The number of benzene rings is 1. The molecule has 1 aromatic carbocycles. The van der Waals surface area contributed by atoms with Gasteiger partial charge in [-0.3, -0.25) is 4.98 Å². The molecule has 0 aliphatic rings. The van der Waals surface area contributed by atoms with Gasteiger partial charge in [0.05, 0.1) is 13.7 Å². The van der Waals surface area contributed by atoms with Crippen LogP contribution in [0.3, 0.4) is 0 Å². The summed E-state index contributed by atoms with van der Waals surface area (Å²) in [6, 6.07) is 8.03. The van der Waals surface area contributed by atoms with E-state index >= 15 is 0 Å². The maximum Gasteiger partial charge on any atom is 0.127 e. The Labute approximate surface area is 114 Å². The SMILES string of the molecule is CCOc1cc(-c2cccnc2)c(OC)cc1CC. The number of ether oxygens (including phenoxy) is 2. The summed E-state index contributed by atoms with van der Waals surface area (Å²) in [6.07, 6.45) is 4.51. The molecular weight excluding hydrogens is 238 g/mol. The van der Waals surface area contributed by atoms with Gasteiger partial charge in [-0.15, -0.1) is 0 Å². The van der Waals surface area contributed by atoms with Gasteiger partial charge in [-0.25, -0.2) is 0 Å². The van der Waals surface area contributed by atoms with E-state index < -0.39 is 0 Å². The first kappa shape index (κ1) is 13.4. The van der Waals surface area contributed by atoms with E-state index in [0.29, 0.717) is 6.61 Å². The topological polar surface area (TPSA) is 31.4 Å². The summed E-state index contributed by atoms with van der Waals surface area (Å²) >= 11 is 0. The summed E-state index contributed by atoms with van der Waals surface area (Å²) in [6.45, 7) is 4.76. The second-order valence-corrected chi connectivity index (χ2v) is 4.19. The van der Waals surface area contributed by atoms with Crippen molar-refractivity contribution in [3.8, 4) is 22.6 Å². The Morgan fingerprint density at radius 3 is 2.58 bits per heavy atom. The molecule has 0 atom stereocenters. The van der Waals surface area contributed by atoms with Crippen LogP contribution in [-0.4, -0.2) is 18.7 Å². The highest BCUT2D eigenvalue weighted by Crippen LogP contribution is 2.36. The first-order chi connectivity index (χ1) is 9.30. The lowest BCUT2D eigenvalue weighted by atomic mass is 10.0. The zero-order valence-electron chi connectivity index (χ0n) is 11.6. The van der Waals surface area contributed by atoms with Crippen molar-refractivity contribution in [2.75, 3.05) is 13.7 Å². The Kier molecular flexibility index (Phi) is 4.39. The maximum absolute atomic E-state index is 5.71. The average molecular weight is 257 g/mol. The maximum atomic E-state index is 5.71. The fraction of sp³-hybridized carbons (Fsp3) is 0.312. The molecule has 0 bridgehead atoms. The van der Waals surface area contributed by atoms with Crippen LogP contribution >= 0.6 is 0 Å². The molecule has 100 valence electrons. The fourth-order valence-electron chi connectivity index (χ4n) is 2.08. The highest BCUT2D eigenvalue weighted by molar-refractivity contribution is 5.72. The largest absolute Gasteiger partial charge is 0.496 e. The van der Waals surface area contributed by atoms with Gasteiger partial charge < -0.3 is 9.47 Å². The van der Waals surface area contributed by atoms with Gasteiger partial charge in [-0.1, -0.05) is 13.0 Å². The Morgan fingerprint density at radius 2 is 2.00 bits per heavy atom. The number of pyridine rings is 1. The lowest BCUT2D eigenvalue weighted by Crippen LogP contribution is -1.98. The Balaban J connectivity index is 2.55.